The number of allylic oxidation sites excluding steroid dienone is 1. The van der Waals surface area contributed by atoms with Crippen LogP contribution in [0.3, 0.4) is 0 Å². The van der Waals surface area contributed by atoms with Gasteiger partial charge in [-0.2, -0.15) is 0 Å². The Morgan fingerprint density at radius 1 is 1.33 bits per heavy atom. The normalized spacial score (nSPS) is 17.6. The van der Waals surface area contributed by atoms with Gasteiger partial charge in [-0.1, -0.05) is 12.5 Å². The van der Waals surface area contributed by atoms with Gasteiger partial charge in [-0.15, -0.1) is 6.58 Å². The third-order valence-corrected chi connectivity index (χ3v) is 4.72. The lowest BCUT2D eigenvalue weighted by molar-refractivity contribution is 0.159. The van der Waals surface area contributed by atoms with Crippen LogP contribution in [0.2, 0.25) is 0 Å². The first-order chi connectivity index (χ1) is 10.2. The van der Waals surface area contributed by atoms with Crippen molar-refractivity contribution in [3.8, 4) is 0 Å². The topological polar surface area (TPSA) is 15.3 Å². The Morgan fingerprint density at radius 3 is 2.81 bits per heavy atom. The molecule has 0 amide bonds. The van der Waals surface area contributed by atoms with E-state index >= 15 is 0 Å². The fourth-order valence-electron chi connectivity index (χ4n) is 2.92. The van der Waals surface area contributed by atoms with E-state index in [0.29, 0.717) is 0 Å². The Morgan fingerprint density at radius 2 is 2.10 bits per heavy atom. The van der Waals surface area contributed by atoms with E-state index in [9.17, 15) is 4.39 Å². The molecular formula is C17H24FIN2. The second-order valence-corrected chi connectivity index (χ2v) is 6.79. The Hall–Kier alpha value is -0.460. The van der Waals surface area contributed by atoms with Crippen LogP contribution in [0, 0.1) is 9.39 Å². The van der Waals surface area contributed by atoms with Gasteiger partial charge in [-0.3, -0.25) is 4.90 Å². The second-order valence-electron chi connectivity index (χ2n) is 5.54. The minimum atomic E-state index is -0.0670. The number of nitrogens with zero attached hydrogens (tertiary/aromatic N) is 1. The monoisotopic (exact) mass is 402 g/mol. The molecule has 1 fully saturated rings. The molecule has 0 unspecified atom stereocenters. The van der Waals surface area contributed by atoms with Crippen LogP contribution < -0.4 is 5.32 Å². The fourth-order valence-corrected chi connectivity index (χ4v) is 3.44. The van der Waals surface area contributed by atoms with Crippen molar-refractivity contribution in [2.45, 2.75) is 31.7 Å². The third kappa shape index (κ3) is 5.04. The summed E-state index contributed by atoms with van der Waals surface area (Å²) in [7, 11) is 0. The molecule has 1 heterocycles. The summed E-state index contributed by atoms with van der Waals surface area (Å²) in [4.78, 5) is 2.43. The maximum Gasteiger partial charge on any atom is 0.128 e. The molecule has 1 atom stereocenters. The zero-order valence-electron chi connectivity index (χ0n) is 12.5. The van der Waals surface area contributed by atoms with E-state index in [1.807, 2.05) is 18.2 Å². The van der Waals surface area contributed by atoms with Crippen molar-refractivity contribution in [2.24, 2.45) is 0 Å². The smallest absolute Gasteiger partial charge is 0.128 e. The number of benzene rings is 1. The summed E-state index contributed by atoms with van der Waals surface area (Å²) in [5, 5.41) is 3.37. The Kier molecular flexibility index (Phi) is 7.13. The lowest BCUT2D eigenvalue weighted by atomic mass is 9.97. The molecule has 2 rings (SSSR count). The van der Waals surface area contributed by atoms with E-state index in [-0.39, 0.29) is 11.9 Å². The predicted octanol–water partition coefficient (Wildman–Crippen LogP) is 4.12. The van der Waals surface area contributed by atoms with Gasteiger partial charge in [0.15, 0.2) is 0 Å². The molecule has 116 valence electrons. The first-order valence-corrected chi connectivity index (χ1v) is 8.81. The minimum absolute atomic E-state index is 0.0670. The van der Waals surface area contributed by atoms with Crippen molar-refractivity contribution >= 4 is 22.6 Å². The van der Waals surface area contributed by atoms with Crippen LogP contribution in [0.25, 0.3) is 0 Å². The summed E-state index contributed by atoms with van der Waals surface area (Å²) in [6, 6.07) is 5.66. The van der Waals surface area contributed by atoms with Crippen LogP contribution in [0.5, 0.6) is 0 Å². The SMILES string of the molecule is C=CCCCC[C@H](c1cc(I)ccc1F)N1CCNCC1. The van der Waals surface area contributed by atoms with E-state index in [1.165, 1.54) is 0 Å². The van der Waals surface area contributed by atoms with Gasteiger partial charge in [-0.05, 0) is 60.1 Å². The molecular weight excluding hydrogens is 378 g/mol. The highest BCUT2D eigenvalue weighted by molar-refractivity contribution is 14.1. The molecule has 1 aliphatic rings. The summed E-state index contributed by atoms with van der Waals surface area (Å²) in [5.74, 6) is -0.0670. The Labute approximate surface area is 140 Å². The summed E-state index contributed by atoms with van der Waals surface area (Å²) >= 11 is 2.27. The van der Waals surface area contributed by atoms with E-state index < -0.39 is 0 Å². The Bertz CT molecular complexity index is 458. The average molecular weight is 402 g/mol. The second kappa shape index (κ2) is 8.86. The van der Waals surface area contributed by atoms with Crippen LogP contribution in [-0.4, -0.2) is 31.1 Å². The van der Waals surface area contributed by atoms with Crippen LogP contribution in [-0.2, 0) is 0 Å². The van der Waals surface area contributed by atoms with Gasteiger partial charge in [0.25, 0.3) is 0 Å². The first-order valence-electron chi connectivity index (χ1n) is 7.73. The highest BCUT2D eigenvalue weighted by atomic mass is 127. The highest BCUT2D eigenvalue weighted by Gasteiger charge is 2.24. The van der Waals surface area contributed by atoms with Gasteiger partial charge in [0.1, 0.15) is 5.82 Å². The lowest BCUT2D eigenvalue weighted by Gasteiger charge is -2.35. The van der Waals surface area contributed by atoms with Gasteiger partial charge in [0.2, 0.25) is 0 Å². The van der Waals surface area contributed by atoms with Crippen molar-refractivity contribution < 1.29 is 4.39 Å². The largest absolute Gasteiger partial charge is 0.314 e. The molecule has 0 aliphatic carbocycles. The summed E-state index contributed by atoms with van der Waals surface area (Å²) < 4.78 is 15.4. The zero-order valence-corrected chi connectivity index (χ0v) is 14.6. The highest BCUT2D eigenvalue weighted by Crippen LogP contribution is 2.30. The van der Waals surface area contributed by atoms with Crippen LogP contribution in [0.15, 0.2) is 30.9 Å². The number of hydrogen-bond acceptors (Lipinski definition) is 2. The van der Waals surface area contributed by atoms with Crippen LogP contribution >= 0.6 is 22.6 Å². The number of hydrogen-bond donors (Lipinski definition) is 1. The van der Waals surface area contributed by atoms with E-state index in [2.05, 4.69) is 39.4 Å². The maximum atomic E-state index is 14.3. The lowest BCUT2D eigenvalue weighted by Crippen LogP contribution is -2.45. The number of halogens is 2. The van der Waals surface area contributed by atoms with Gasteiger partial charge in [0, 0.05) is 41.4 Å². The molecule has 1 saturated heterocycles. The minimum Gasteiger partial charge on any atom is -0.314 e. The van der Waals surface area contributed by atoms with Crippen molar-refractivity contribution in [2.75, 3.05) is 26.2 Å². The van der Waals surface area contributed by atoms with Crippen LogP contribution in [0.4, 0.5) is 4.39 Å². The zero-order chi connectivity index (χ0) is 15.1. The van der Waals surface area contributed by atoms with Gasteiger partial charge in [0.05, 0.1) is 0 Å². The molecule has 0 bridgehead atoms. The van der Waals surface area contributed by atoms with Gasteiger partial charge < -0.3 is 5.32 Å². The van der Waals surface area contributed by atoms with Gasteiger partial charge in [-0.25, -0.2) is 4.39 Å². The standard InChI is InChI=1S/C17H24FIN2/c1-2-3-4-5-6-17(21-11-9-20-10-12-21)15-13-14(19)7-8-16(15)18/h2,7-8,13,17,20H,1,3-6,9-12H2/t17-/m1/s1. The molecule has 0 saturated carbocycles. The van der Waals surface area contributed by atoms with Crippen molar-refractivity contribution in [1.82, 2.24) is 10.2 Å². The van der Waals surface area contributed by atoms with E-state index in [1.54, 1.807) is 6.07 Å². The van der Waals surface area contributed by atoms with E-state index in [0.717, 1.165) is 61.0 Å². The van der Waals surface area contributed by atoms with E-state index in [4.69, 9.17) is 0 Å². The maximum absolute atomic E-state index is 14.3. The number of rotatable bonds is 7. The molecule has 0 radical (unpaired) electrons. The molecule has 1 aliphatic heterocycles. The molecule has 1 N–H and O–H groups in total. The molecule has 4 heteroatoms. The van der Waals surface area contributed by atoms with Crippen molar-refractivity contribution in [3.05, 3.63) is 45.8 Å². The third-order valence-electron chi connectivity index (χ3n) is 4.05. The summed E-state index contributed by atoms with van der Waals surface area (Å²) in [5.41, 5.74) is 0.863. The molecule has 0 spiro atoms. The summed E-state index contributed by atoms with van der Waals surface area (Å²) in [6.45, 7) is 7.76. The van der Waals surface area contributed by atoms with Crippen molar-refractivity contribution in [3.63, 3.8) is 0 Å². The average Bonchev–Trinajstić information content (AvgIpc) is 2.51. The number of nitrogens with one attached hydrogen (secondary N) is 1. The van der Waals surface area contributed by atoms with Gasteiger partial charge >= 0.3 is 0 Å². The number of piperazine rings is 1. The summed E-state index contributed by atoms with van der Waals surface area (Å²) in [6.07, 6.45) is 6.28. The molecule has 21 heavy (non-hydrogen) atoms. The molecule has 1 aromatic rings. The number of unbranched alkanes of at least 4 members (excludes halogenated alkanes) is 2. The fraction of sp³-hybridized carbons (Fsp3) is 0.529. The molecule has 0 aromatic heterocycles. The molecule has 1 aromatic carbocycles. The predicted molar refractivity (Wildman–Crippen MR) is 95.0 cm³/mol. The first kappa shape index (κ1) is 16.9. The Balaban J connectivity index is 2.13. The van der Waals surface area contributed by atoms with Crippen molar-refractivity contribution in [1.29, 1.82) is 0 Å². The van der Waals surface area contributed by atoms with Crippen LogP contribution in [0.1, 0.15) is 37.3 Å². The molecule has 2 nitrogen and oxygen atoms in total. The quantitative estimate of drug-likeness (QED) is 0.419.